The van der Waals surface area contributed by atoms with Crippen molar-refractivity contribution in [2.75, 3.05) is 0 Å². The predicted molar refractivity (Wildman–Crippen MR) is 559 cm³/mol. The van der Waals surface area contributed by atoms with Crippen LogP contribution in [0, 0.1) is 841 Å². The molecule has 0 aromatic rings. The van der Waals surface area contributed by atoms with Gasteiger partial charge >= 0.3 is 0 Å². The first kappa shape index (κ1) is 112. The molecular weight excluding hydrogens is 1720 g/mol. The zero-order valence-corrected chi connectivity index (χ0v) is 72.1. The molecule has 0 fully saturated rings. The minimum atomic E-state index is 1.68. The van der Waals surface area contributed by atoms with Crippen molar-refractivity contribution in [2.45, 2.75) is 6.92 Å². The number of terminal acetylenes is 1. The Morgan fingerprint density at radius 3 is 0.126 bits per heavy atom. The molecule has 0 aliphatic rings. The lowest BCUT2D eigenvalue weighted by Crippen LogP contribution is -1.57. The van der Waals surface area contributed by atoms with Gasteiger partial charge < -0.3 is 0 Å². The lowest BCUT2D eigenvalue weighted by Gasteiger charge is -1.58. The van der Waals surface area contributed by atoms with E-state index in [1.54, 1.807) is 6.92 Å². The second kappa shape index (κ2) is 111. The van der Waals surface area contributed by atoms with Gasteiger partial charge in [0.2, 0.25) is 0 Å². The Labute approximate surface area is 842 Å². The molecule has 576 valence electrons. The van der Waals surface area contributed by atoms with Crippen molar-refractivity contribution in [1.29, 1.82) is 0 Å². The highest BCUT2D eigenvalue weighted by Crippen LogP contribution is 1.72. The summed E-state index contributed by atoms with van der Waals surface area (Å²) in [6.45, 7) is 1.68. The van der Waals surface area contributed by atoms with E-state index in [1.807, 2.05) is 0 Å². The molecule has 0 aromatic heterocycles. The third-order valence-corrected chi connectivity index (χ3v) is 8.82. The molecule has 0 rings (SSSR count). The third-order valence-electron chi connectivity index (χ3n) is 8.82. The highest BCUT2D eigenvalue weighted by atomic mass is 13.7. The van der Waals surface area contributed by atoms with Gasteiger partial charge in [0.1, 0.15) is 0 Å². The number of hydrogen-bond donors (Lipinski definition) is 0. The van der Waals surface area contributed by atoms with Gasteiger partial charge in [-0.3, -0.25) is 0 Å². The Morgan fingerprint density at radius 2 is 0.0909 bits per heavy atom. The van der Waals surface area contributed by atoms with Gasteiger partial charge in [-0.1, -0.05) is 5.92 Å². The van der Waals surface area contributed by atoms with Crippen LogP contribution in [0.1, 0.15) is 6.92 Å². The molecule has 0 aromatic carbocycles. The molecule has 0 N–H and O–H groups in total. The SMILES string of the molecule is C#CC#CC#CC#CC#CC#CC#CC#CC#CC#CC#CC#CC#CC#CC#CC#CC#CC#CC#CC#CC#CC#CC#CC#CC#CC#CC#CC#CC#CC#CC#CC#CC#CC#CC#CC#CC#CC#CC#CC#CC#CC#CC#CC#CC#CC#CC#CC#CC#CC#CC#CC#CC#CC#CC#CC#CC#CC#CC#CC#CC#CC#CC#CC#CC#CC#CC#CC#CC#CC#CC#CC. The summed E-state index contributed by atoms with van der Waals surface area (Å²) in [6, 6.07) is 0. The summed E-state index contributed by atoms with van der Waals surface area (Å²) in [4.78, 5) is 0. The van der Waals surface area contributed by atoms with Gasteiger partial charge in [0.05, 0.1) is 0 Å². The van der Waals surface area contributed by atoms with Crippen molar-refractivity contribution in [1.82, 2.24) is 0 Å². The Kier molecular flexibility index (Phi) is 86.6. The van der Waals surface area contributed by atoms with E-state index in [0.717, 1.165) is 0 Å². The molecule has 0 spiro atoms. The van der Waals surface area contributed by atoms with E-state index < -0.39 is 0 Å². The van der Waals surface area contributed by atoms with Crippen LogP contribution in [0.3, 0.4) is 0 Å². The summed E-state index contributed by atoms with van der Waals surface area (Å²) in [5.74, 6) is 352. The molecule has 0 unspecified atom stereocenters. The lowest BCUT2D eigenvalue weighted by atomic mass is 10.4. The molecule has 0 aliphatic carbocycles. The summed E-state index contributed by atoms with van der Waals surface area (Å²) in [7, 11) is 0. The van der Waals surface area contributed by atoms with Gasteiger partial charge in [0.25, 0.3) is 0 Å². The van der Waals surface area contributed by atoms with Crippen LogP contribution in [0.5, 0.6) is 0 Å². The van der Waals surface area contributed by atoms with Crippen molar-refractivity contribution in [3.63, 3.8) is 0 Å². The molecular formula is C143H4. The predicted octanol–water partition coefficient (Wildman–Crippen LogP) is 0.878. The summed E-state index contributed by atoms with van der Waals surface area (Å²) < 4.78 is 0. The molecule has 0 aliphatic heterocycles. The first-order chi connectivity index (χ1) is 71.4. The third kappa shape index (κ3) is 111. The van der Waals surface area contributed by atoms with Crippen LogP contribution >= 0.6 is 0 Å². The summed E-state index contributed by atoms with van der Waals surface area (Å²) in [5.41, 5.74) is 0. The van der Waals surface area contributed by atoms with Crippen LogP contribution in [0.4, 0.5) is 0 Å². The standard InChI is InChI=1S/C143H4/c1-3-5-7-9-11-13-15-17-19-21-23-25-27-29-31-33-35-37-39-41-43-45-47-49-51-53-55-57-59-61-63-65-67-69-71-73-75-77-79-81-83-85-87-89-91-93-95-97-99-101-103-105-107-109-111-113-115-117-119-121-123-125-127-129-131-133-135-137-139-141-143-142-140-138-136-134-132-130-128-126-124-122-120-118-116-114-112-110-108-106-104-102-100-98-96-94-92-90-88-86-84-82-80-78-76-74-72-70-68-66-64-62-60-58-56-54-52-50-48-46-44-42-40-38-36-34-32-30-28-26-24-22-20-18-16-14-12-10-8-6-4-2/h1H,2H3. The molecule has 0 heteroatoms. The Hall–Kier alpha value is -31.2. The zero-order chi connectivity index (χ0) is 102. The van der Waals surface area contributed by atoms with E-state index in [0.29, 0.717) is 0 Å². The monoisotopic (exact) mass is 1720 g/mol. The molecule has 0 heterocycles. The number of rotatable bonds is 0. The summed E-state index contributed by atoms with van der Waals surface area (Å²) in [5, 5.41) is 0. The zero-order valence-electron chi connectivity index (χ0n) is 72.1. The van der Waals surface area contributed by atoms with Gasteiger partial charge in [0.15, 0.2) is 0 Å². The van der Waals surface area contributed by atoms with Crippen LogP contribution in [0.25, 0.3) is 0 Å². The maximum atomic E-state index is 4.96. The molecule has 0 nitrogen and oxygen atoms in total. The highest BCUT2D eigenvalue weighted by molar-refractivity contribution is 5.60. The van der Waals surface area contributed by atoms with E-state index >= 15 is 0 Å². The van der Waals surface area contributed by atoms with Crippen LogP contribution in [0.2, 0.25) is 0 Å². The molecule has 0 atom stereocenters. The van der Waals surface area contributed by atoms with Crippen molar-refractivity contribution in [3.05, 3.63) is 0 Å². The normalized spacial score (nSPS) is 3.97. The van der Waals surface area contributed by atoms with Crippen molar-refractivity contribution >= 4 is 0 Å². The molecule has 0 bridgehead atoms. The fourth-order valence-electron chi connectivity index (χ4n) is 4.38. The van der Waals surface area contributed by atoms with E-state index in [4.69, 9.17) is 6.42 Å². The van der Waals surface area contributed by atoms with Crippen molar-refractivity contribution in [3.8, 4) is 841 Å². The van der Waals surface area contributed by atoms with Gasteiger partial charge in [-0.05, 0) is 102 Å². The van der Waals surface area contributed by atoms with E-state index in [1.165, 1.54) is 0 Å². The highest BCUT2D eigenvalue weighted by Gasteiger charge is 1.71. The Morgan fingerprint density at radius 1 is 0.0559 bits per heavy atom. The Balaban J connectivity index is 4.66. The summed E-state index contributed by atoms with van der Waals surface area (Å²) in [6.07, 6.45) is 4.96. The van der Waals surface area contributed by atoms with Crippen LogP contribution in [0.15, 0.2) is 0 Å². The Bertz CT molecular complexity index is 9840. The minimum absolute atomic E-state index is 1.68. The summed E-state index contributed by atoms with van der Waals surface area (Å²) >= 11 is 0. The fourth-order valence-corrected chi connectivity index (χ4v) is 4.38. The van der Waals surface area contributed by atoms with Gasteiger partial charge in [0, 0.05) is 734 Å². The average Bonchev–Trinajstić information content (AvgIpc) is 1.11. The van der Waals surface area contributed by atoms with E-state index in [-0.39, 0.29) is 0 Å². The lowest BCUT2D eigenvalue weighted by molar-refractivity contribution is 1.92. The minimum Gasteiger partial charge on any atom is -0.106 e. The first-order valence-corrected chi connectivity index (χ1v) is 35.8. The van der Waals surface area contributed by atoms with Crippen molar-refractivity contribution in [2.24, 2.45) is 0 Å². The molecule has 0 saturated carbocycles. The topological polar surface area (TPSA) is 0 Å². The molecule has 143 heavy (non-hydrogen) atoms. The second-order valence-electron chi connectivity index (χ2n) is 17.8. The van der Waals surface area contributed by atoms with Crippen LogP contribution in [-0.2, 0) is 0 Å². The largest absolute Gasteiger partial charge is 0.106 e. The average molecular weight is 1720 g/mol. The maximum Gasteiger partial charge on any atom is 0 e. The fraction of sp³-hybridized carbons (Fsp3) is 0.00699. The molecule has 0 saturated heterocycles. The first-order valence-electron chi connectivity index (χ1n) is 35.8. The van der Waals surface area contributed by atoms with E-state index in [9.17, 15) is 0 Å². The van der Waals surface area contributed by atoms with E-state index in [2.05, 4.69) is 835 Å². The molecule has 0 amide bonds. The quantitative estimate of drug-likeness (QED) is 0.317. The molecule has 0 radical (unpaired) electrons. The van der Waals surface area contributed by atoms with Crippen molar-refractivity contribution < 1.29 is 0 Å². The maximum absolute atomic E-state index is 4.96. The van der Waals surface area contributed by atoms with Crippen LogP contribution < -0.4 is 0 Å². The van der Waals surface area contributed by atoms with Gasteiger partial charge in [-0.15, -0.1) is 6.42 Å². The van der Waals surface area contributed by atoms with Gasteiger partial charge in [-0.2, -0.15) is 0 Å². The van der Waals surface area contributed by atoms with Gasteiger partial charge in [-0.25, -0.2) is 0 Å². The van der Waals surface area contributed by atoms with Crippen LogP contribution in [-0.4, -0.2) is 0 Å². The second-order valence-corrected chi connectivity index (χ2v) is 17.8. The number of hydrogen-bond acceptors (Lipinski definition) is 0. The smallest absolute Gasteiger partial charge is 0 e.